The number of aromatic nitrogens is 4. The lowest BCUT2D eigenvalue weighted by Crippen LogP contribution is -2.12. The molecule has 102 valence electrons. The quantitative estimate of drug-likeness (QED) is 0.737. The van der Waals surface area contributed by atoms with Crippen molar-refractivity contribution < 1.29 is 0 Å². The molecule has 0 radical (unpaired) electrons. The van der Waals surface area contributed by atoms with Gasteiger partial charge in [0.15, 0.2) is 5.82 Å². The van der Waals surface area contributed by atoms with E-state index in [-0.39, 0.29) is 0 Å². The van der Waals surface area contributed by atoms with E-state index < -0.39 is 0 Å². The summed E-state index contributed by atoms with van der Waals surface area (Å²) in [5.41, 5.74) is 7.27. The Morgan fingerprint density at radius 3 is 2.85 bits per heavy atom. The molecule has 3 aromatic rings. The molecular weight excluding hydrogens is 294 g/mol. The molecule has 0 aliphatic heterocycles. The smallest absolute Gasteiger partial charge is 0.234 e. The standard InChI is InChI=1S/C13H12ClN5S/c14-9-6-8(4-5-10(9)15)12-18-19-11(7-2-1-3-7)16-17-13(19)20-12/h4-7H,1-3,15H2. The maximum atomic E-state index is 6.07. The second kappa shape index (κ2) is 4.43. The first kappa shape index (κ1) is 12.1. The molecule has 1 fully saturated rings. The highest BCUT2D eigenvalue weighted by molar-refractivity contribution is 7.19. The van der Waals surface area contributed by atoms with E-state index in [4.69, 9.17) is 17.3 Å². The van der Waals surface area contributed by atoms with E-state index in [1.54, 1.807) is 6.07 Å². The fourth-order valence-electron chi connectivity index (χ4n) is 2.33. The highest BCUT2D eigenvalue weighted by atomic mass is 35.5. The SMILES string of the molecule is Nc1ccc(-c2nn3c(C4CCC4)nnc3s2)cc1Cl. The van der Waals surface area contributed by atoms with Crippen LogP contribution in [-0.4, -0.2) is 19.8 Å². The monoisotopic (exact) mass is 305 g/mol. The van der Waals surface area contributed by atoms with Gasteiger partial charge >= 0.3 is 0 Å². The van der Waals surface area contributed by atoms with Gasteiger partial charge in [-0.05, 0) is 31.0 Å². The van der Waals surface area contributed by atoms with Gasteiger partial charge in [0.05, 0.1) is 10.7 Å². The zero-order valence-corrected chi connectivity index (χ0v) is 12.2. The summed E-state index contributed by atoms with van der Waals surface area (Å²) in [7, 11) is 0. The number of nitrogens with zero attached hydrogens (tertiary/aromatic N) is 4. The van der Waals surface area contributed by atoms with Gasteiger partial charge in [-0.1, -0.05) is 29.4 Å². The predicted molar refractivity (Wildman–Crippen MR) is 80.1 cm³/mol. The molecule has 1 aromatic carbocycles. The largest absolute Gasteiger partial charge is 0.398 e. The maximum absolute atomic E-state index is 6.07. The van der Waals surface area contributed by atoms with E-state index in [0.29, 0.717) is 16.6 Å². The second-order valence-electron chi connectivity index (χ2n) is 5.02. The van der Waals surface area contributed by atoms with Gasteiger partial charge in [-0.2, -0.15) is 9.61 Å². The molecule has 1 saturated carbocycles. The second-order valence-corrected chi connectivity index (χ2v) is 6.39. The summed E-state index contributed by atoms with van der Waals surface area (Å²) in [5, 5.41) is 14.5. The average molecular weight is 306 g/mol. The van der Waals surface area contributed by atoms with Gasteiger partial charge in [0, 0.05) is 11.5 Å². The number of nitrogen functional groups attached to an aromatic ring is 1. The van der Waals surface area contributed by atoms with Crippen LogP contribution in [-0.2, 0) is 0 Å². The molecule has 0 amide bonds. The number of hydrogen-bond acceptors (Lipinski definition) is 5. The van der Waals surface area contributed by atoms with Crippen LogP contribution in [0.2, 0.25) is 5.02 Å². The Bertz CT molecular complexity index is 789. The van der Waals surface area contributed by atoms with Crippen molar-refractivity contribution in [3.8, 4) is 10.6 Å². The molecule has 0 unspecified atom stereocenters. The van der Waals surface area contributed by atoms with E-state index in [2.05, 4.69) is 15.3 Å². The number of benzene rings is 1. The number of hydrogen-bond donors (Lipinski definition) is 1. The van der Waals surface area contributed by atoms with Crippen LogP contribution in [0, 0.1) is 0 Å². The highest BCUT2D eigenvalue weighted by Gasteiger charge is 2.26. The third-order valence-electron chi connectivity index (χ3n) is 3.73. The van der Waals surface area contributed by atoms with Gasteiger partial charge < -0.3 is 5.73 Å². The van der Waals surface area contributed by atoms with Crippen LogP contribution in [0.15, 0.2) is 18.2 Å². The van der Waals surface area contributed by atoms with E-state index in [1.807, 2.05) is 16.6 Å². The Kier molecular flexibility index (Phi) is 2.68. The zero-order valence-electron chi connectivity index (χ0n) is 10.6. The Morgan fingerprint density at radius 1 is 1.30 bits per heavy atom. The van der Waals surface area contributed by atoms with E-state index in [9.17, 15) is 0 Å². The van der Waals surface area contributed by atoms with Crippen LogP contribution in [0.25, 0.3) is 15.5 Å². The molecule has 5 nitrogen and oxygen atoms in total. The first-order valence-corrected chi connectivity index (χ1v) is 7.69. The fourth-order valence-corrected chi connectivity index (χ4v) is 3.35. The van der Waals surface area contributed by atoms with Crippen LogP contribution in [0.5, 0.6) is 0 Å². The molecule has 1 aliphatic carbocycles. The fraction of sp³-hybridized carbons (Fsp3) is 0.308. The third-order valence-corrected chi connectivity index (χ3v) is 5.01. The molecule has 0 saturated heterocycles. The summed E-state index contributed by atoms with van der Waals surface area (Å²) in [6.45, 7) is 0. The normalized spacial score (nSPS) is 15.7. The van der Waals surface area contributed by atoms with Crippen LogP contribution in [0.1, 0.15) is 31.0 Å². The van der Waals surface area contributed by atoms with E-state index in [0.717, 1.165) is 21.4 Å². The molecule has 4 rings (SSSR count). The minimum absolute atomic E-state index is 0.509. The summed E-state index contributed by atoms with van der Waals surface area (Å²) in [5.74, 6) is 1.49. The summed E-state index contributed by atoms with van der Waals surface area (Å²) in [4.78, 5) is 0.829. The number of nitrogens with two attached hydrogens (primary N) is 1. The van der Waals surface area contributed by atoms with E-state index >= 15 is 0 Å². The molecule has 7 heteroatoms. The number of fused-ring (bicyclic) bond motifs is 1. The van der Waals surface area contributed by atoms with Crippen molar-refractivity contribution in [2.75, 3.05) is 5.73 Å². The Balaban J connectivity index is 1.80. The van der Waals surface area contributed by atoms with Gasteiger partial charge in [-0.3, -0.25) is 0 Å². The molecule has 1 aliphatic rings. The molecule has 2 aromatic heterocycles. The molecule has 0 bridgehead atoms. The van der Waals surface area contributed by atoms with Crippen LogP contribution in [0.3, 0.4) is 0 Å². The Hall–Kier alpha value is -1.66. The number of anilines is 1. The lowest BCUT2D eigenvalue weighted by atomic mass is 9.85. The van der Waals surface area contributed by atoms with Crippen LogP contribution < -0.4 is 5.73 Å². The van der Waals surface area contributed by atoms with Gasteiger partial charge in [-0.15, -0.1) is 10.2 Å². The van der Waals surface area contributed by atoms with Crippen molar-refractivity contribution in [1.29, 1.82) is 0 Å². The first-order valence-electron chi connectivity index (χ1n) is 6.50. The minimum Gasteiger partial charge on any atom is -0.398 e. The Morgan fingerprint density at radius 2 is 2.15 bits per heavy atom. The van der Waals surface area contributed by atoms with Crippen molar-refractivity contribution in [2.45, 2.75) is 25.2 Å². The molecular formula is C13H12ClN5S. The van der Waals surface area contributed by atoms with Crippen molar-refractivity contribution in [3.63, 3.8) is 0 Å². The Labute approximate surface area is 124 Å². The topological polar surface area (TPSA) is 69.1 Å². The summed E-state index contributed by atoms with van der Waals surface area (Å²) in [6.07, 6.45) is 3.63. The molecule has 0 atom stereocenters. The molecule has 0 spiro atoms. The average Bonchev–Trinajstić information content (AvgIpc) is 2.93. The minimum atomic E-state index is 0.509. The lowest BCUT2D eigenvalue weighted by Gasteiger charge is -2.22. The van der Waals surface area contributed by atoms with Crippen LogP contribution in [0.4, 0.5) is 5.69 Å². The van der Waals surface area contributed by atoms with Crippen molar-refractivity contribution in [1.82, 2.24) is 19.8 Å². The van der Waals surface area contributed by atoms with Crippen molar-refractivity contribution in [2.24, 2.45) is 0 Å². The van der Waals surface area contributed by atoms with Crippen molar-refractivity contribution >= 4 is 33.6 Å². The predicted octanol–water partition coefficient (Wildman–Crippen LogP) is 3.36. The number of rotatable bonds is 2. The zero-order chi connectivity index (χ0) is 13.7. The van der Waals surface area contributed by atoms with Crippen molar-refractivity contribution in [3.05, 3.63) is 29.0 Å². The van der Waals surface area contributed by atoms with Gasteiger partial charge in [0.25, 0.3) is 0 Å². The molecule has 20 heavy (non-hydrogen) atoms. The third kappa shape index (κ3) is 1.79. The first-order chi connectivity index (χ1) is 9.72. The summed E-state index contributed by atoms with van der Waals surface area (Å²) >= 11 is 7.58. The molecule has 2 heterocycles. The maximum Gasteiger partial charge on any atom is 0.234 e. The molecule has 2 N–H and O–H groups in total. The van der Waals surface area contributed by atoms with Gasteiger partial charge in [0.1, 0.15) is 5.01 Å². The van der Waals surface area contributed by atoms with Gasteiger partial charge in [-0.25, -0.2) is 0 Å². The van der Waals surface area contributed by atoms with Crippen LogP contribution >= 0.6 is 22.9 Å². The number of halogens is 1. The summed E-state index contributed by atoms with van der Waals surface area (Å²) in [6, 6.07) is 5.56. The van der Waals surface area contributed by atoms with E-state index in [1.165, 1.54) is 30.6 Å². The summed E-state index contributed by atoms with van der Waals surface area (Å²) < 4.78 is 1.87. The van der Waals surface area contributed by atoms with Gasteiger partial charge in [0.2, 0.25) is 4.96 Å². The highest BCUT2D eigenvalue weighted by Crippen LogP contribution is 2.37. The lowest BCUT2D eigenvalue weighted by molar-refractivity contribution is 0.395.